The van der Waals surface area contributed by atoms with E-state index in [4.69, 9.17) is 11.6 Å². The summed E-state index contributed by atoms with van der Waals surface area (Å²) in [5.74, 6) is -0.0538. The number of aryl methyl sites for hydroxylation is 1. The fraction of sp³-hybridized carbons (Fsp3) is 0.100. The molecular weight excluding hydrogens is 446 g/mol. The highest BCUT2D eigenvalue weighted by atomic mass is 79.9. The highest BCUT2D eigenvalue weighted by molar-refractivity contribution is 9.10. The molecular formula is C20H15BrClN3OS. The van der Waals surface area contributed by atoms with Gasteiger partial charge in [-0.3, -0.25) is 9.20 Å². The van der Waals surface area contributed by atoms with Gasteiger partial charge in [0.05, 0.1) is 12.1 Å². The van der Waals surface area contributed by atoms with Gasteiger partial charge < -0.3 is 5.32 Å². The van der Waals surface area contributed by atoms with Crippen LogP contribution in [-0.2, 0) is 11.2 Å². The Morgan fingerprint density at radius 3 is 2.78 bits per heavy atom. The number of nitrogens with zero attached hydrogens (tertiary/aromatic N) is 2. The summed E-state index contributed by atoms with van der Waals surface area (Å²) in [5, 5.41) is 5.65. The quantitative estimate of drug-likeness (QED) is 0.408. The van der Waals surface area contributed by atoms with Gasteiger partial charge in [-0.15, -0.1) is 11.3 Å². The summed E-state index contributed by atoms with van der Waals surface area (Å²) in [5.41, 5.74) is 4.61. The van der Waals surface area contributed by atoms with Crippen LogP contribution in [-0.4, -0.2) is 15.3 Å². The van der Waals surface area contributed by atoms with E-state index in [-0.39, 0.29) is 12.3 Å². The van der Waals surface area contributed by atoms with E-state index in [0.717, 1.165) is 37.6 Å². The number of imidazole rings is 1. The molecule has 0 fully saturated rings. The minimum atomic E-state index is -0.0538. The Bertz CT molecular complexity index is 1130. The van der Waals surface area contributed by atoms with E-state index in [9.17, 15) is 4.79 Å². The molecule has 0 bridgehead atoms. The predicted molar refractivity (Wildman–Crippen MR) is 115 cm³/mol. The molecule has 4 rings (SSSR count). The zero-order valence-corrected chi connectivity index (χ0v) is 17.5. The van der Waals surface area contributed by atoms with E-state index in [1.54, 1.807) is 0 Å². The van der Waals surface area contributed by atoms with Gasteiger partial charge in [0.2, 0.25) is 5.91 Å². The fourth-order valence-corrected chi connectivity index (χ4v) is 4.32. The fourth-order valence-electron chi connectivity index (χ4n) is 2.84. The van der Waals surface area contributed by atoms with Crippen LogP contribution in [0.5, 0.6) is 0 Å². The molecule has 136 valence electrons. The lowest BCUT2D eigenvalue weighted by Gasteiger charge is -2.08. The number of anilines is 1. The van der Waals surface area contributed by atoms with Gasteiger partial charge in [-0.25, -0.2) is 4.98 Å². The number of carbonyl (C=O) groups is 1. The van der Waals surface area contributed by atoms with Gasteiger partial charge in [-0.2, -0.15) is 0 Å². The average molecular weight is 461 g/mol. The molecule has 0 aliphatic carbocycles. The van der Waals surface area contributed by atoms with Crippen LogP contribution in [0.3, 0.4) is 0 Å². The van der Waals surface area contributed by atoms with Crippen LogP contribution in [0.25, 0.3) is 16.2 Å². The number of hydrogen-bond acceptors (Lipinski definition) is 3. The van der Waals surface area contributed by atoms with Gasteiger partial charge in [0, 0.05) is 38.0 Å². The van der Waals surface area contributed by atoms with Crippen molar-refractivity contribution < 1.29 is 4.79 Å². The molecule has 7 heteroatoms. The minimum absolute atomic E-state index is 0.0538. The number of halogens is 2. The smallest absolute Gasteiger partial charge is 0.230 e. The van der Waals surface area contributed by atoms with Gasteiger partial charge >= 0.3 is 0 Å². The van der Waals surface area contributed by atoms with Crippen molar-refractivity contribution in [3.8, 4) is 11.3 Å². The molecule has 4 aromatic rings. The summed E-state index contributed by atoms with van der Waals surface area (Å²) >= 11 is 10.9. The molecule has 0 atom stereocenters. The molecule has 0 unspecified atom stereocenters. The van der Waals surface area contributed by atoms with E-state index in [1.807, 2.05) is 65.4 Å². The number of amides is 1. The number of fused-ring (bicyclic) bond motifs is 1. The molecule has 2 heterocycles. The number of aromatic nitrogens is 2. The first-order chi connectivity index (χ1) is 13.0. The van der Waals surface area contributed by atoms with E-state index in [2.05, 4.69) is 26.2 Å². The maximum atomic E-state index is 12.5. The highest BCUT2D eigenvalue weighted by Gasteiger charge is 2.13. The van der Waals surface area contributed by atoms with Crippen LogP contribution in [0, 0.1) is 6.92 Å². The molecule has 4 nitrogen and oxygen atoms in total. The number of hydrogen-bond donors (Lipinski definition) is 1. The number of carbonyl (C=O) groups excluding carboxylic acids is 1. The summed E-state index contributed by atoms with van der Waals surface area (Å²) in [7, 11) is 0. The molecule has 27 heavy (non-hydrogen) atoms. The predicted octanol–water partition coefficient (Wildman–Crippen LogP) is 5.97. The third-order valence-corrected chi connectivity index (χ3v) is 5.86. The maximum Gasteiger partial charge on any atom is 0.230 e. The largest absolute Gasteiger partial charge is 0.326 e. The van der Waals surface area contributed by atoms with Gasteiger partial charge in [0.25, 0.3) is 0 Å². The molecule has 0 radical (unpaired) electrons. The maximum absolute atomic E-state index is 12.5. The molecule has 2 aromatic carbocycles. The summed E-state index contributed by atoms with van der Waals surface area (Å²) in [6.07, 6.45) is 2.24. The second-order valence-electron chi connectivity index (χ2n) is 6.20. The number of benzene rings is 2. The summed E-state index contributed by atoms with van der Waals surface area (Å²) in [6.45, 7) is 1.97. The molecule has 0 aliphatic heterocycles. The average Bonchev–Trinajstić information content (AvgIpc) is 3.20. The van der Waals surface area contributed by atoms with Gasteiger partial charge in [0.1, 0.15) is 0 Å². The molecule has 0 saturated heterocycles. The highest BCUT2D eigenvalue weighted by Crippen LogP contribution is 2.25. The van der Waals surface area contributed by atoms with Crippen LogP contribution in [0.15, 0.2) is 58.5 Å². The standard InChI is InChI=1S/C20H15BrClN3OS/c1-12-8-14(21)4-7-17(12)23-19(26)9-16-11-27-20-24-18(10-25(16)20)13-2-5-15(22)6-3-13/h2-8,10-11H,9H2,1H3,(H,23,26). The Morgan fingerprint density at radius 2 is 2.04 bits per heavy atom. The van der Waals surface area contributed by atoms with E-state index in [1.165, 1.54) is 11.3 Å². The summed E-state index contributed by atoms with van der Waals surface area (Å²) < 4.78 is 2.97. The normalized spacial score (nSPS) is 11.1. The molecule has 1 N–H and O–H groups in total. The van der Waals surface area contributed by atoms with Crippen molar-refractivity contribution in [2.24, 2.45) is 0 Å². The van der Waals surface area contributed by atoms with Crippen molar-refractivity contribution in [3.63, 3.8) is 0 Å². The van der Waals surface area contributed by atoms with Crippen LogP contribution in [0.2, 0.25) is 5.02 Å². The van der Waals surface area contributed by atoms with Crippen LogP contribution in [0.4, 0.5) is 5.69 Å². The molecule has 0 spiro atoms. The third-order valence-electron chi connectivity index (χ3n) is 4.23. The third kappa shape index (κ3) is 3.93. The van der Waals surface area contributed by atoms with E-state index < -0.39 is 0 Å². The van der Waals surface area contributed by atoms with E-state index in [0.29, 0.717) is 5.02 Å². The molecule has 1 amide bonds. The van der Waals surface area contributed by atoms with Crippen molar-refractivity contribution in [3.05, 3.63) is 74.8 Å². The topological polar surface area (TPSA) is 46.4 Å². The van der Waals surface area contributed by atoms with Crippen molar-refractivity contribution in [1.82, 2.24) is 9.38 Å². The Morgan fingerprint density at radius 1 is 1.26 bits per heavy atom. The van der Waals surface area contributed by atoms with Crippen molar-refractivity contribution in [1.29, 1.82) is 0 Å². The first kappa shape index (κ1) is 18.2. The Balaban J connectivity index is 1.55. The summed E-state index contributed by atoms with van der Waals surface area (Å²) in [6, 6.07) is 13.4. The Labute approximate surface area is 174 Å². The second-order valence-corrected chi connectivity index (χ2v) is 8.39. The number of nitrogens with one attached hydrogen (secondary N) is 1. The Kier molecular flexibility index (Phi) is 5.04. The number of thiazole rings is 1. The zero-order valence-electron chi connectivity index (χ0n) is 14.4. The lowest BCUT2D eigenvalue weighted by Crippen LogP contribution is -2.16. The minimum Gasteiger partial charge on any atom is -0.326 e. The number of rotatable bonds is 4. The van der Waals surface area contributed by atoms with Gasteiger partial charge in [0.15, 0.2) is 4.96 Å². The lowest BCUT2D eigenvalue weighted by atomic mass is 10.2. The lowest BCUT2D eigenvalue weighted by molar-refractivity contribution is -0.115. The van der Waals surface area contributed by atoms with Gasteiger partial charge in [-0.05, 0) is 42.8 Å². The SMILES string of the molecule is Cc1cc(Br)ccc1NC(=O)Cc1csc2nc(-c3ccc(Cl)cc3)cn12. The Hall–Kier alpha value is -2.15. The second kappa shape index (κ2) is 7.46. The van der Waals surface area contributed by atoms with Crippen molar-refractivity contribution in [2.75, 3.05) is 5.32 Å². The zero-order chi connectivity index (χ0) is 19.0. The van der Waals surface area contributed by atoms with Crippen LogP contribution >= 0.6 is 38.9 Å². The molecule has 0 saturated carbocycles. The van der Waals surface area contributed by atoms with Crippen LogP contribution < -0.4 is 5.32 Å². The van der Waals surface area contributed by atoms with Gasteiger partial charge in [-0.1, -0.05) is 39.7 Å². The van der Waals surface area contributed by atoms with Crippen molar-refractivity contribution in [2.45, 2.75) is 13.3 Å². The first-order valence-electron chi connectivity index (χ1n) is 8.27. The molecule has 0 aliphatic rings. The first-order valence-corrected chi connectivity index (χ1v) is 10.3. The molecule has 2 aromatic heterocycles. The van der Waals surface area contributed by atoms with E-state index >= 15 is 0 Å². The monoisotopic (exact) mass is 459 g/mol. The summed E-state index contributed by atoms with van der Waals surface area (Å²) in [4.78, 5) is 18.0. The van der Waals surface area contributed by atoms with Crippen molar-refractivity contribution >= 4 is 55.4 Å². The van der Waals surface area contributed by atoms with Crippen LogP contribution in [0.1, 0.15) is 11.3 Å².